The molecule has 11 nitrogen and oxygen atoms in total. The maximum Gasteiger partial charge on any atom is 0.352 e. The monoisotopic (exact) mass is 515 g/mol. The van der Waals surface area contributed by atoms with Crippen molar-refractivity contribution in [3.63, 3.8) is 0 Å². The number of anilines is 1. The molecule has 0 radical (unpaired) electrons. The van der Waals surface area contributed by atoms with Crippen molar-refractivity contribution in [1.29, 1.82) is 0 Å². The van der Waals surface area contributed by atoms with E-state index in [4.69, 9.17) is 10.6 Å². The van der Waals surface area contributed by atoms with E-state index in [0.717, 1.165) is 30.6 Å². The molecule has 182 valence electrons. The predicted octanol–water partition coefficient (Wildman–Crippen LogP) is 0.291. The molecule has 35 heavy (non-hydrogen) atoms. The molecule has 4 heterocycles. The minimum absolute atomic E-state index is 0.00888. The average Bonchev–Trinajstić information content (AvgIpc) is 3.49. The number of hydrogen-bond acceptors (Lipinski definition) is 9. The number of nitrogens with one attached hydrogen (secondary N) is 1. The Morgan fingerprint density at radius 2 is 2.26 bits per heavy atom. The second kappa shape index (κ2) is 9.30. The molecule has 5 rings (SSSR count). The summed E-state index contributed by atoms with van der Waals surface area (Å²) >= 11 is 2.57. The lowest BCUT2D eigenvalue weighted by Crippen LogP contribution is -2.71. The molecule has 1 aliphatic carbocycles. The fraction of sp³-hybridized carbons (Fsp3) is 0.364. The molecule has 13 heteroatoms. The van der Waals surface area contributed by atoms with Crippen LogP contribution in [0.1, 0.15) is 23.4 Å². The van der Waals surface area contributed by atoms with Crippen LogP contribution in [0, 0.1) is 0 Å². The van der Waals surface area contributed by atoms with Crippen LogP contribution in [-0.2, 0) is 38.6 Å². The lowest BCUT2D eigenvalue weighted by atomic mass is 10.0. The van der Waals surface area contributed by atoms with Gasteiger partial charge >= 0.3 is 5.97 Å². The lowest BCUT2D eigenvalue weighted by molar-refractivity contribution is -0.696. The first-order valence-corrected chi connectivity index (χ1v) is 12.9. The molecular weight excluding hydrogens is 492 g/mol. The number of carbonyl (C=O) groups excluding carboxylic acids is 2. The van der Waals surface area contributed by atoms with Gasteiger partial charge in [0, 0.05) is 34.8 Å². The summed E-state index contributed by atoms with van der Waals surface area (Å²) in [5, 5.41) is 17.7. The molecule has 0 spiro atoms. The van der Waals surface area contributed by atoms with E-state index in [9.17, 15) is 19.5 Å². The number of rotatable bonds is 7. The zero-order chi connectivity index (χ0) is 24.7. The minimum Gasteiger partial charge on any atom is -0.477 e. The van der Waals surface area contributed by atoms with Gasteiger partial charge in [-0.1, -0.05) is 5.16 Å². The highest BCUT2D eigenvalue weighted by Crippen LogP contribution is 2.40. The van der Waals surface area contributed by atoms with Crippen LogP contribution in [0.3, 0.4) is 0 Å². The number of aromatic nitrogens is 2. The second-order valence-electron chi connectivity index (χ2n) is 8.27. The molecule has 2 aromatic rings. The van der Waals surface area contributed by atoms with Crippen LogP contribution in [0.5, 0.6) is 0 Å². The van der Waals surface area contributed by atoms with Crippen molar-refractivity contribution < 1.29 is 28.9 Å². The van der Waals surface area contributed by atoms with Gasteiger partial charge in [-0.3, -0.25) is 14.5 Å². The Bertz CT molecular complexity index is 1290. The van der Waals surface area contributed by atoms with E-state index < -0.39 is 29.2 Å². The smallest absolute Gasteiger partial charge is 0.352 e. The van der Waals surface area contributed by atoms with Gasteiger partial charge in [-0.25, -0.2) is 9.78 Å². The summed E-state index contributed by atoms with van der Waals surface area (Å²) in [4.78, 5) is 48.2. The first-order chi connectivity index (χ1) is 16.9. The van der Waals surface area contributed by atoms with Gasteiger partial charge in [0.05, 0.1) is 0 Å². The number of aryl methyl sites for hydroxylation is 1. The van der Waals surface area contributed by atoms with E-state index >= 15 is 0 Å². The highest BCUT2D eigenvalue weighted by atomic mass is 32.2. The zero-order valence-electron chi connectivity index (χ0n) is 18.8. The van der Waals surface area contributed by atoms with E-state index in [1.165, 1.54) is 35.0 Å². The Hall–Kier alpha value is -3.45. The highest BCUT2D eigenvalue weighted by Gasteiger charge is 2.55. The number of nitrogen functional groups attached to an aromatic ring is 1. The molecule has 0 unspecified atom stereocenters. The number of aliphatic carboxylic acids is 1. The molecule has 3 aliphatic rings. The van der Waals surface area contributed by atoms with Crippen molar-refractivity contribution in [1.82, 2.24) is 15.2 Å². The summed E-state index contributed by atoms with van der Waals surface area (Å²) in [6.07, 6.45) is 5.01. The number of nitrogens with two attached hydrogens (primary N) is 1. The fourth-order valence-electron chi connectivity index (χ4n) is 4.67. The molecule has 4 N–H and O–H groups in total. The van der Waals surface area contributed by atoms with Crippen LogP contribution >= 0.6 is 23.1 Å². The molecule has 2 atom stereocenters. The van der Waals surface area contributed by atoms with E-state index in [0.29, 0.717) is 17.9 Å². The van der Waals surface area contributed by atoms with Gasteiger partial charge in [0.15, 0.2) is 29.3 Å². The number of carboxylic acids is 1. The van der Waals surface area contributed by atoms with E-state index in [1.807, 2.05) is 12.3 Å². The largest absolute Gasteiger partial charge is 0.477 e. The number of oxime groups is 1. The number of nitrogens with zero attached hydrogens (tertiary/aromatic N) is 4. The van der Waals surface area contributed by atoms with Crippen LogP contribution in [0.15, 0.2) is 40.1 Å². The molecular formula is C22H23N6O5S2+. The standard InChI is InChI=1S/C22H22N6O5S2/c1-33-26-15(13-10-35-22(23)24-13)18(29)25-16-19(30)28-17(21(31)32)12(9-34-20(16)28)8-27-7-3-5-11-4-2-6-14(11)27/h3,5,7,10,16,20H,2,4,6,8-9H2,1H3,(H3-,23,24,25,29,31,32)/p+1/b26-15+/t16-,20-/m1/s1. The summed E-state index contributed by atoms with van der Waals surface area (Å²) in [7, 11) is 1.29. The van der Waals surface area contributed by atoms with Crippen molar-refractivity contribution in [2.24, 2.45) is 5.16 Å². The van der Waals surface area contributed by atoms with Crippen LogP contribution in [0.4, 0.5) is 5.13 Å². The van der Waals surface area contributed by atoms with Crippen LogP contribution in [0.2, 0.25) is 0 Å². The van der Waals surface area contributed by atoms with Gasteiger partial charge in [0.2, 0.25) is 0 Å². The first-order valence-electron chi connectivity index (χ1n) is 10.9. The predicted molar refractivity (Wildman–Crippen MR) is 128 cm³/mol. The van der Waals surface area contributed by atoms with E-state index in [2.05, 4.69) is 26.1 Å². The van der Waals surface area contributed by atoms with Gasteiger partial charge in [-0.05, 0) is 18.9 Å². The van der Waals surface area contributed by atoms with Crippen molar-refractivity contribution >= 4 is 51.7 Å². The number of thioether (sulfide) groups is 1. The number of amides is 2. The third-order valence-corrected chi connectivity index (χ3v) is 8.21. The summed E-state index contributed by atoms with van der Waals surface area (Å²) in [5.74, 6) is -1.86. The number of carboxylic acid groups (broad SMARTS) is 1. The Kier molecular flexibility index (Phi) is 6.19. The quantitative estimate of drug-likeness (QED) is 0.206. The average molecular weight is 516 g/mol. The van der Waals surface area contributed by atoms with E-state index in [1.54, 1.807) is 5.38 Å². The van der Waals surface area contributed by atoms with Gasteiger partial charge in [0.25, 0.3) is 11.8 Å². The summed E-state index contributed by atoms with van der Waals surface area (Å²) < 4.78 is 2.08. The SMILES string of the molecule is CO/N=C(/C(=O)N[C@@H]1C(=O)N2C(C(=O)O)=C(C[n+]3cccc4c3CCC4)CS[C@H]12)c1csc(N)n1. The number of β-lactam (4-membered cyclic amide) rings is 1. The number of hydrogen-bond donors (Lipinski definition) is 3. The van der Waals surface area contributed by atoms with Gasteiger partial charge < -0.3 is 21.0 Å². The fourth-order valence-corrected chi connectivity index (χ4v) is 6.56. The van der Waals surface area contributed by atoms with E-state index in [-0.39, 0.29) is 22.2 Å². The zero-order valence-corrected chi connectivity index (χ0v) is 20.4. The maximum atomic E-state index is 13.0. The Morgan fingerprint density at radius 3 is 2.97 bits per heavy atom. The summed E-state index contributed by atoms with van der Waals surface area (Å²) in [6.45, 7) is 0.404. The second-order valence-corrected chi connectivity index (χ2v) is 10.3. The Morgan fingerprint density at radius 1 is 1.43 bits per heavy atom. The minimum atomic E-state index is -1.16. The third-order valence-electron chi connectivity index (χ3n) is 6.20. The Labute approximate surface area is 208 Å². The lowest BCUT2D eigenvalue weighted by Gasteiger charge is -2.49. The van der Waals surface area contributed by atoms with Crippen molar-refractivity contribution in [2.75, 3.05) is 18.6 Å². The Balaban J connectivity index is 1.36. The highest BCUT2D eigenvalue weighted by molar-refractivity contribution is 8.00. The maximum absolute atomic E-state index is 13.0. The summed E-state index contributed by atoms with van der Waals surface area (Å²) in [6, 6.07) is 3.18. The molecule has 1 fully saturated rings. The normalized spacial score (nSPS) is 21.3. The molecule has 0 aromatic carbocycles. The molecule has 2 aromatic heterocycles. The molecule has 0 bridgehead atoms. The van der Waals surface area contributed by atoms with Crippen LogP contribution < -0.4 is 15.6 Å². The van der Waals surface area contributed by atoms with Crippen LogP contribution in [0.25, 0.3) is 0 Å². The van der Waals surface area contributed by atoms with Crippen molar-refractivity contribution in [2.45, 2.75) is 37.2 Å². The third kappa shape index (κ3) is 4.14. The van der Waals surface area contributed by atoms with Crippen molar-refractivity contribution in [3.05, 3.63) is 51.9 Å². The number of thiazole rings is 1. The van der Waals surface area contributed by atoms with Gasteiger partial charge in [0.1, 0.15) is 29.9 Å². The van der Waals surface area contributed by atoms with Crippen molar-refractivity contribution in [3.8, 4) is 0 Å². The number of carbonyl (C=O) groups is 3. The molecule has 2 amide bonds. The molecule has 0 saturated carbocycles. The summed E-state index contributed by atoms with van der Waals surface area (Å²) in [5.41, 5.74) is 8.92. The molecule has 1 saturated heterocycles. The number of fused-ring (bicyclic) bond motifs is 2. The van der Waals surface area contributed by atoms with Gasteiger partial charge in [-0.15, -0.1) is 23.1 Å². The van der Waals surface area contributed by atoms with Crippen LogP contribution in [-0.4, -0.2) is 62.8 Å². The van der Waals surface area contributed by atoms with Gasteiger partial charge in [-0.2, -0.15) is 4.57 Å². The topological polar surface area (TPSA) is 151 Å². The first kappa shape index (κ1) is 23.3. The number of pyridine rings is 1. The molecule has 2 aliphatic heterocycles.